The molecule has 0 radical (unpaired) electrons. The summed E-state index contributed by atoms with van der Waals surface area (Å²) < 4.78 is 1.90. The van der Waals surface area contributed by atoms with Crippen LogP contribution in [-0.4, -0.2) is 28.8 Å². The van der Waals surface area contributed by atoms with Crippen molar-refractivity contribution < 1.29 is 4.79 Å². The lowest BCUT2D eigenvalue weighted by atomic mass is 10.1. The van der Waals surface area contributed by atoms with Gasteiger partial charge in [-0.05, 0) is 50.1 Å². The third-order valence-electron chi connectivity index (χ3n) is 3.76. The molecule has 21 heavy (non-hydrogen) atoms. The Morgan fingerprint density at radius 3 is 3.10 bits per heavy atom. The molecule has 1 saturated heterocycles. The number of hydrogen-bond donors (Lipinski definition) is 2. The van der Waals surface area contributed by atoms with E-state index in [2.05, 4.69) is 15.7 Å². The van der Waals surface area contributed by atoms with Crippen LogP contribution in [0, 0.1) is 6.92 Å². The zero-order chi connectivity index (χ0) is 14.7. The average Bonchev–Trinajstić information content (AvgIpc) is 2.98. The number of hydrogen-bond acceptors (Lipinski definition) is 3. The fraction of sp³-hybridized carbons (Fsp3) is 0.375. The molecular weight excluding hydrogens is 264 g/mol. The first-order valence-electron chi connectivity index (χ1n) is 7.36. The summed E-state index contributed by atoms with van der Waals surface area (Å²) in [4.78, 5) is 12.2. The van der Waals surface area contributed by atoms with E-state index in [1.54, 1.807) is 6.07 Å². The zero-order valence-electron chi connectivity index (χ0n) is 12.2. The van der Waals surface area contributed by atoms with Gasteiger partial charge in [-0.2, -0.15) is 5.10 Å². The average molecular weight is 284 g/mol. The topological polar surface area (TPSA) is 59.0 Å². The minimum Gasteiger partial charge on any atom is -0.321 e. The van der Waals surface area contributed by atoms with E-state index in [0.29, 0.717) is 11.7 Å². The van der Waals surface area contributed by atoms with Gasteiger partial charge in [-0.3, -0.25) is 9.48 Å². The van der Waals surface area contributed by atoms with Crippen molar-refractivity contribution in [3.63, 3.8) is 0 Å². The Kier molecular flexibility index (Phi) is 4.01. The van der Waals surface area contributed by atoms with Crippen LogP contribution in [0.1, 0.15) is 34.9 Å². The Morgan fingerprint density at radius 1 is 1.43 bits per heavy atom. The minimum atomic E-state index is -0.164. The van der Waals surface area contributed by atoms with Crippen LogP contribution in [0.2, 0.25) is 0 Å². The van der Waals surface area contributed by atoms with Gasteiger partial charge in [0.25, 0.3) is 5.91 Å². The normalized spacial score (nSPS) is 18.4. The fourth-order valence-electron chi connectivity index (χ4n) is 2.64. The lowest BCUT2D eigenvalue weighted by Gasteiger charge is -2.22. The number of nitrogens with one attached hydrogen (secondary N) is 2. The van der Waals surface area contributed by atoms with Gasteiger partial charge < -0.3 is 10.6 Å². The maximum absolute atomic E-state index is 12.2. The molecule has 0 spiro atoms. The second-order valence-corrected chi connectivity index (χ2v) is 5.50. The highest BCUT2D eigenvalue weighted by Gasteiger charge is 2.17. The summed E-state index contributed by atoms with van der Waals surface area (Å²) in [6, 6.07) is 9.88. The number of benzene rings is 1. The van der Waals surface area contributed by atoms with Gasteiger partial charge in [-0.25, -0.2) is 0 Å². The molecule has 5 heteroatoms. The van der Waals surface area contributed by atoms with E-state index in [-0.39, 0.29) is 5.91 Å². The molecule has 1 aromatic heterocycles. The number of carbonyl (C=O) groups excluding carboxylic acids is 1. The molecule has 3 rings (SSSR count). The molecular formula is C16H20N4O. The van der Waals surface area contributed by atoms with Crippen LogP contribution in [0.4, 0.5) is 5.69 Å². The van der Waals surface area contributed by atoms with Crippen molar-refractivity contribution >= 4 is 11.6 Å². The summed E-state index contributed by atoms with van der Waals surface area (Å²) in [6.07, 6.45) is 4.14. The molecule has 0 saturated carbocycles. The van der Waals surface area contributed by atoms with Gasteiger partial charge in [-0.15, -0.1) is 0 Å². The predicted molar refractivity (Wildman–Crippen MR) is 82.5 cm³/mol. The quantitative estimate of drug-likeness (QED) is 0.909. The van der Waals surface area contributed by atoms with Gasteiger partial charge in [0, 0.05) is 18.4 Å². The highest BCUT2D eigenvalue weighted by Crippen LogP contribution is 2.16. The molecule has 1 atom stereocenters. The van der Waals surface area contributed by atoms with Gasteiger partial charge in [-0.1, -0.05) is 12.1 Å². The molecule has 1 fully saturated rings. The van der Waals surface area contributed by atoms with Crippen LogP contribution in [0.3, 0.4) is 0 Å². The van der Waals surface area contributed by atoms with Crippen molar-refractivity contribution in [2.45, 2.75) is 25.8 Å². The summed E-state index contributed by atoms with van der Waals surface area (Å²) >= 11 is 0. The molecule has 1 aliphatic rings. The first kappa shape index (κ1) is 13.8. The van der Waals surface area contributed by atoms with Gasteiger partial charge in [0.15, 0.2) is 5.69 Å². The predicted octanol–water partition coefficient (Wildman–Crippen LogP) is 2.37. The van der Waals surface area contributed by atoms with Crippen molar-refractivity contribution in [2.24, 2.45) is 0 Å². The maximum Gasteiger partial charge on any atom is 0.276 e. The monoisotopic (exact) mass is 284 g/mol. The smallest absolute Gasteiger partial charge is 0.276 e. The molecule has 0 bridgehead atoms. The van der Waals surface area contributed by atoms with Crippen molar-refractivity contribution in [3.05, 3.63) is 47.8 Å². The van der Waals surface area contributed by atoms with Crippen molar-refractivity contribution in [3.8, 4) is 0 Å². The van der Waals surface area contributed by atoms with Crippen molar-refractivity contribution in [2.75, 3.05) is 18.4 Å². The second kappa shape index (κ2) is 6.10. The fourth-order valence-corrected chi connectivity index (χ4v) is 2.64. The molecule has 1 aliphatic heterocycles. The minimum absolute atomic E-state index is 0.164. The van der Waals surface area contributed by atoms with E-state index in [1.165, 1.54) is 0 Å². The highest BCUT2D eigenvalue weighted by molar-refractivity contribution is 6.02. The summed E-state index contributed by atoms with van der Waals surface area (Å²) in [5, 5.41) is 10.7. The van der Waals surface area contributed by atoms with Gasteiger partial charge in [0.2, 0.25) is 0 Å². The van der Waals surface area contributed by atoms with E-state index in [9.17, 15) is 4.79 Å². The number of amides is 1. The Bertz CT molecular complexity index is 629. The Morgan fingerprint density at radius 2 is 2.33 bits per heavy atom. The van der Waals surface area contributed by atoms with Crippen LogP contribution in [-0.2, 0) is 0 Å². The summed E-state index contributed by atoms with van der Waals surface area (Å²) in [7, 11) is 0. The molecule has 2 aromatic rings. The SMILES string of the molecule is Cc1cccc(NC(=O)c2ccn(C3CCCNC3)n2)c1. The van der Waals surface area contributed by atoms with Crippen LogP contribution < -0.4 is 10.6 Å². The molecule has 1 aromatic carbocycles. The molecule has 110 valence electrons. The number of anilines is 1. The van der Waals surface area contributed by atoms with E-state index < -0.39 is 0 Å². The summed E-state index contributed by atoms with van der Waals surface area (Å²) in [5.41, 5.74) is 2.38. The van der Waals surface area contributed by atoms with Crippen molar-refractivity contribution in [1.82, 2.24) is 15.1 Å². The van der Waals surface area contributed by atoms with E-state index in [4.69, 9.17) is 0 Å². The molecule has 2 N–H and O–H groups in total. The Labute approximate surface area is 124 Å². The van der Waals surface area contributed by atoms with Gasteiger partial charge in [0.1, 0.15) is 0 Å². The molecule has 1 unspecified atom stereocenters. The number of nitrogens with zero attached hydrogens (tertiary/aromatic N) is 2. The number of piperidine rings is 1. The first-order chi connectivity index (χ1) is 10.2. The van der Waals surface area contributed by atoms with Crippen LogP contribution in [0.5, 0.6) is 0 Å². The van der Waals surface area contributed by atoms with Crippen LogP contribution >= 0.6 is 0 Å². The number of aryl methyl sites for hydroxylation is 1. The van der Waals surface area contributed by atoms with Crippen molar-refractivity contribution in [1.29, 1.82) is 0 Å². The Balaban J connectivity index is 1.69. The molecule has 2 heterocycles. The first-order valence-corrected chi connectivity index (χ1v) is 7.36. The van der Waals surface area contributed by atoms with E-state index >= 15 is 0 Å². The standard InChI is InChI=1S/C16H20N4O/c1-12-4-2-5-13(10-12)18-16(21)15-7-9-20(19-15)14-6-3-8-17-11-14/h2,4-5,7,9-10,14,17H,3,6,8,11H2,1H3,(H,18,21). The number of aromatic nitrogens is 2. The Hall–Kier alpha value is -2.14. The molecule has 0 aliphatic carbocycles. The zero-order valence-corrected chi connectivity index (χ0v) is 12.2. The lowest BCUT2D eigenvalue weighted by molar-refractivity contribution is 0.102. The van der Waals surface area contributed by atoms with E-state index in [0.717, 1.165) is 37.2 Å². The number of carbonyl (C=O) groups is 1. The highest BCUT2D eigenvalue weighted by atomic mass is 16.1. The summed E-state index contributed by atoms with van der Waals surface area (Å²) in [5.74, 6) is -0.164. The lowest BCUT2D eigenvalue weighted by Crippen LogP contribution is -2.32. The van der Waals surface area contributed by atoms with Gasteiger partial charge in [0.05, 0.1) is 6.04 Å². The van der Waals surface area contributed by atoms with Gasteiger partial charge >= 0.3 is 0 Å². The number of rotatable bonds is 3. The third-order valence-corrected chi connectivity index (χ3v) is 3.76. The maximum atomic E-state index is 12.2. The third kappa shape index (κ3) is 3.31. The van der Waals surface area contributed by atoms with E-state index in [1.807, 2.05) is 42.1 Å². The molecule has 5 nitrogen and oxygen atoms in total. The summed E-state index contributed by atoms with van der Waals surface area (Å²) in [6.45, 7) is 3.99. The molecule has 1 amide bonds. The largest absolute Gasteiger partial charge is 0.321 e. The second-order valence-electron chi connectivity index (χ2n) is 5.50. The van der Waals surface area contributed by atoms with Crippen LogP contribution in [0.25, 0.3) is 0 Å². The van der Waals surface area contributed by atoms with Crippen LogP contribution in [0.15, 0.2) is 36.5 Å².